The number of rotatable bonds is 6. The summed E-state index contributed by atoms with van der Waals surface area (Å²) in [7, 11) is 0. The highest BCUT2D eigenvalue weighted by Gasteiger charge is 2.20. The van der Waals surface area contributed by atoms with Crippen molar-refractivity contribution < 1.29 is 4.79 Å². The molecule has 0 saturated heterocycles. The molecule has 2 aromatic carbocycles. The fraction of sp³-hybridized carbons (Fsp3) is 0.190. The molecule has 2 N–H and O–H groups in total. The van der Waals surface area contributed by atoms with Crippen molar-refractivity contribution in [3.8, 4) is 0 Å². The van der Waals surface area contributed by atoms with E-state index in [-0.39, 0.29) is 12.1 Å². The first kappa shape index (κ1) is 18.3. The predicted molar refractivity (Wildman–Crippen MR) is 115 cm³/mol. The van der Waals surface area contributed by atoms with Gasteiger partial charge in [0.2, 0.25) is 0 Å². The second kappa shape index (κ2) is 8.31. The van der Waals surface area contributed by atoms with Crippen LogP contribution < -0.4 is 10.6 Å². The molecular formula is C21H21N5OS. The van der Waals surface area contributed by atoms with Gasteiger partial charge < -0.3 is 10.6 Å². The summed E-state index contributed by atoms with van der Waals surface area (Å²) in [4.78, 5) is 12.8. The molecule has 1 unspecified atom stereocenters. The van der Waals surface area contributed by atoms with Crippen LogP contribution in [0.15, 0.2) is 66.9 Å². The number of benzene rings is 2. The normalized spacial score (nSPS) is 12.2. The van der Waals surface area contributed by atoms with E-state index >= 15 is 0 Å². The van der Waals surface area contributed by atoms with Gasteiger partial charge in [0.25, 0.3) is 0 Å². The Balaban J connectivity index is 1.57. The van der Waals surface area contributed by atoms with Gasteiger partial charge in [-0.25, -0.2) is 4.79 Å². The van der Waals surface area contributed by atoms with Gasteiger partial charge in [0.05, 0.1) is 11.7 Å². The average Bonchev–Trinajstić information content (AvgIpc) is 3.15. The number of nitrogens with zero attached hydrogens (tertiary/aromatic N) is 3. The van der Waals surface area contributed by atoms with Gasteiger partial charge >= 0.3 is 6.03 Å². The van der Waals surface area contributed by atoms with Gasteiger partial charge in [-0.1, -0.05) is 42.5 Å². The Bertz CT molecular complexity index is 1100. The summed E-state index contributed by atoms with van der Waals surface area (Å²) in [6.07, 6.45) is 4.73. The molecule has 2 aromatic heterocycles. The lowest BCUT2D eigenvalue weighted by Gasteiger charge is -2.18. The maximum Gasteiger partial charge on any atom is 0.319 e. The molecule has 0 fully saturated rings. The molecule has 0 aliphatic rings. The van der Waals surface area contributed by atoms with E-state index in [0.717, 1.165) is 40.1 Å². The SMILES string of the molecule is CSCCC(NC(=O)Nc1cccc2ccccc12)c1nnc2ccccn12. The summed E-state index contributed by atoms with van der Waals surface area (Å²) in [5.74, 6) is 1.64. The summed E-state index contributed by atoms with van der Waals surface area (Å²) in [5, 5.41) is 16.7. The van der Waals surface area contributed by atoms with Crippen molar-refractivity contribution in [2.75, 3.05) is 17.3 Å². The Kier molecular flexibility index (Phi) is 5.43. The zero-order valence-electron chi connectivity index (χ0n) is 15.5. The predicted octanol–water partition coefficient (Wildman–Crippen LogP) is 4.50. The summed E-state index contributed by atoms with van der Waals surface area (Å²) in [6, 6.07) is 19.1. The first-order valence-corrected chi connectivity index (χ1v) is 10.5. The standard InChI is InChI=1S/C21H21N5OS/c1-28-14-12-18(20-25-24-19-11-4-5-13-26(19)20)23-21(27)22-17-10-6-8-15-7-2-3-9-16(15)17/h2-11,13,18H,12,14H2,1H3,(H2,22,23,27). The van der Waals surface area contributed by atoms with Crippen molar-refractivity contribution in [2.45, 2.75) is 12.5 Å². The van der Waals surface area contributed by atoms with Gasteiger partial charge in [0.1, 0.15) is 0 Å². The van der Waals surface area contributed by atoms with E-state index in [2.05, 4.69) is 27.1 Å². The van der Waals surface area contributed by atoms with E-state index in [1.165, 1.54) is 0 Å². The van der Waals surface area contributed by atoms with Gasteiger partial charge in [-0.15, -0.1) is 10.2 Å². The van der Waals surface area contributed by atoms with Crippen LogP contribution in [0.3, 0.4) is 0 Å². The molecule has 2 heterocycles. The fourth-order valence-electron chi connectivity index (χ4n) is 3.25. The highest BCUT2D eigenvalue weighted by atomic mass is 32.2. The van der Waals surface area contributed by atoms with E-state index in [9.17, 15) is 4.79 Å². The van der Waals surface area contributed by atoms with Crippen LogP contribution in [0.5, 0.6) is 0 Å². The van der Waals surface area contributed by atoms with Crippen LogP contribution in [0.1, 0.15) is 18.3 Å². The number of fused-ring (bicyclic) bond motifs is 2. The number of amides is 2. The number of anilines is 1. The number of thioether (sulfide) groups is 1. The first-order chi connectivity index (χ1) is 13.8. The second-order valence-electron chi connectivity index (χ2n) is 6.45. The van der Waals surface area contributed by atoms with Crippen molar-refractivity contribution in [3.05, 3.63) is 72.7 Å². The van der Waals surface area contributed by atoms with E-state index in [0.29, 0.717) is 0 Å². The first-order valence-electron chi connectivity index (χ1n) is 9.10. The van der Waals surface area contributed by atoms with Crippen LogP contribution in [-0.4, -0.2) is 32.6 Å². The number of carbonyl (C=O) groups is 1. The molecule has 142 valence electrons. The third-order valence-corrected chi connectivity index (χ3v) is 5.25. The Morgan fingerprint density at radius 2 is 1.89 bits per heavy atom. The van der Waals surface area contributed by atoms with E-state index in [4.69, 9.17) is 0 Å². The van der Waals surface area contributed by atoms with Crippen LogP contribution in [-0.2, 0) is 0 Å². The van der Waals surface area contributed by atoms with Gasteiger partial charge in [-0.3, -0.25) is 4.40 Å². The Hall–Kier alpha value is -3.06. The number of aromatic nitrogens is 3. The third-order valence-electron chi connectivity index (χ3n) is 4.61. The minimum absolute atomic E-state index is 0.236. The highest BCUT2D eigenvalue weighted by molar-refractivity contribution is 7.98. The maximum absolute atomic E-state index is 12.8. The molecule has 4 aromatic rings. The molecule has 0 aliphatic carbocycles. The lowest BCUT2D eigenvalue weighted by Crippen LogP contribution is -2.34. The van der Waals surface area contributed by atoms with Crippen molar-refractivity contribution in [3.63, 3.8) is 0 Å². The summed E-state index contributed by atoms with van der Waals surface area (Å²) in [6.45, 7) is 0. The number of nitrogens with one attached hydrogen (secondary N) is 2. The zero-order valence-corrected chi connectivity index (χ0v) is 16.3. The molecule has 0 saturated carbocycles. The van der Waals surface area contributed by atoms with E-state index in [1.54, 1.807) is 11.8 Å². The summed E-state index contributed by atoms with van der Waals surface area (Å²) >= 11 is 1.74. The quantitative estimate of drug-likeness (QED) is 0.508. The molecule has 6 nitrogen and oxygen atoms in total. The monoisotopic (exact) mass is 391 g/mol. The van der Waals surface area contributed by atoms with Crippen LogP contribution >= 0.6 is 11.8 Å². The van der Waals surface area contributed by atoms with Crippen molar-refractivity contribution in [1.82, 2.24) is 19.9 Å². The molecule has 0 radical (unpaired) electrons. The van der Waals surface area contributed by atoms with E-state index < -0.39 is 0 Å². The molecule has 2 amide bonds. The number of pyridine rings is 1. The minimum atomic E-state index is -0.255. The van der Waals surface area contributed by atoms with E-state index in [1.807, 2.05) is 71.3 Å². The fourth-order valence-corrected chi connectivity index (χ4v) is 3.72. The average molecular weight is 392 g/mol. The Morgan fingerprint density at radius 3 is 2.79 bits per heavy atom. The molecule has 0 bridgehead atoms. The van der Waals surface area contributed by atoms with Crippen molar-refractivity contribution >= 4 is 39.9 Å². The Labute approximate surface area is 167 Å². The molecule has 0 aliphatic heterocycles. The molecule has 7 heteroatoms. The number of carbonyl (C=O) groups excluding carboxylic acids is 1. The van der Waals surface area contributed by atoms with Gasteiger partial charge in [0.15, 0.2) is 11.5 Å². The smallest absolute Gasteiger partial charge is 0.319 e. The Morgan fingerprint density at radius 1 is 1.07 bits per heavy atom. The van der Waals surface area contributed by atoms with Crippen LogP contribution in [0.25, 0.3) is 16.4 Å². The molecule has 28 heavy (non-hydrogen) atoms. The number of hydrogen-bond acceptors (Lipinski definition) is 4. The van der Waals surface area contributed by atoms with Crippen LogP contribution in [0.4, 0.5) is 10.5 Å². The molecule has 4 rings (SSSR count). The number of urea groups is 1. The highest BCUT2D eigenvalue weighted by Crippen LogP contribution is 2.23. The lowest BCUT2D eigenvalue weighted by molar-refractivity contribution is 0.247. The molecule has 1 atom stereocenters. The van der Waals surface area contributed by atoms with Gasteiger partial charge in [-0.2, -0.15) is 11.8 Å². The van der Waals surface area contributed by atoms with Gasteiger partial charge in [-0.05, 0) is 42.0 Å². The third kappa shape index (κ3) is 3.80. The van der Waals surface area contributed by atoms with Crippen LogP contribution in [0.2, 0.25) is 0 Å². The van der Waals surface area contributed by atoms with Gasteiger partial charge in [0, 0.05) is 11.6 Å². The second-order valence-corrected chi connectivity index (χ2v) is 7.43. The summed E-state index contributed by atoms with van der Waals surface area (Å²) < 4.78 is 1.92. The maximum atomic E-state index is 12.8. The van der Waals surface area contributed by atoms with Crippen molar-refractivity contribution in [1.29, 1.82) is 0 Å². The molecule has 0 spiro atoms. The minimum Gasteiger partial charge on any atom is -0.328 e. The summed E-state index contributed by atoms with van der Waals surface area (Å²) in [5.41, 5.74) is 1.55. The molecular weight excluding hydrogens is 370 g/mol. The van der Waals surface area contributed by atoms with Crippen molar-refractivity contribution in [2.24, 2.45) is 0 Å². The topological polar surface area (TPSA) is 71.3 Å². The largest absolute Gasteiger partial charge is 0.328 e. The lowest BCUT2D eigenvalue weighted by atomic mass is 10.1. The number of hydrogen-bond donors (Lipinski definition) is 2. The van der Waals surface area contributed by atoms with Crippen LogP contribution in [0, 0.1) is 0 Å². The zero-order chi connectivity index (χ0) is 19.3.